The summed E-state index contributed by atoms with van der Waals surface area (Å²) < 4.78 is 28.7. The summed E-state index contributed by atoms with van der Waals surface area (Å²) in [7, 11) is -3.32. The molecule has 0 spiro atoms. The lowest BCUT2D eigenvalue weighted by Crippen LogP contribution is -2.13. The molecule has 1 aromatic carbocycles. The third-order valence-corrected chi connectivity index (χ3v) is 3.85. The molecular formula is C14H15N3O3S. The lowest BCUT2D eigenvalue weighted by atomic mass is 10.2. The largest absolute Gasteiger partial charge is 0.438 e. The lowest BCUT2D eigenvalue weighted by Gasteiger charge is -2.10. The molecule has 1 aromatic heterocycles. The topological polar surface area (TPSA) is 106 Å². The van der Waals surface area contributed by atoms with E-state index in [9.17, 15) is 8.42 Å². The SMILES string of the molecule is Cc1ccc(C(=N)N)c(Oc2cccc(S(C)(=O)=O)c2)n1. The van der Waals surface area contributed by atoms with Gasteiger partial charge < -0.3 is 10.5 Å². The van der Waals surface area contributed by atoms with Crippen molar-refractivity contribution in [1.82, 2.24) is 4.98 Å². The summed E-state index contributed by atoms with van der Waals surface area (Å²) >= 11 is 0. The van der Waals surface area contributed by atoms with Gasteiger partial charge in [0.15, 0.2) is 9.84 Å². The van der Waals surface area contributed by atoms with E-state index in [1.807, 2.05) is 0 Å². The van der Waals surface area contributed by atoms with Crippen molar-refractivity contribution >= 4 is 15.7 Å². The molecule has 2 rings (SSSR count). The second kappa shape index (κ2) is 5.53. The summed E-state index contributed by atoms with van der Waals surface area (Å²) in [5.74, 6) is 0.323. The molecular weight excluding hydrogens is 290 g/mol. The molecule has 0 aliphatic carbocycles. The highest BCUT2D eigenvalue weighted by Gasteiger charge is 2.12. The number of benzene rings is 1. The van der Waals surface area contributed by atoms with E-state index in [2.05, 4.69) is 4.98 Å². The molecule has 0 amide bonds. The highest BCUT2D eigenvalue weighted by Crippen LogP contribution is 2.25. The first-order valence-corrected chi connectivity index (χ1v) is 7.96. The number of nitrogens with two attached hydrogens (primary N) is 1. The zero-order valence-electron chi connectivity index (χ0n) is 11.6. The molecule has 7 heteroatoms. The van der Waals surface area contributed by atoms with E-state index in [4.69, 9.17) is 15.9 Å². The molecule has 6 nitrogen and oxygen atoms in total. The van der Waals surface area contributed by atoms with Gasteiger partial charge in [0.05, 0.1) is 10.5 Å². The van der Waals surface area contributed by atoms with Crippen LogP contribution in [0, 0.1) is 12.3 Å². The van der Waals surface area contributed by atoms with Crippen LogP contribution in [-0.4, -0.2) is 25.5 Å². The Morgan fingerprint density at radius 3 is 2.62 bits per heavy atom. The second-order valence-electron chi connectivity index (χ2n) is 4.57. The van der Waals surface area contributed by atoms with E-state index in [1.54, 1.807) is 31.2 Å². The fraction of sp³-hybridized carbons (Fsp3) is 0.143. The Bertz CT molecular complexity index is 801. The molecule has 0 aliphatic rings. The summed E-state index contributed by atoms with van der Waals surface area (Å²) in [4.78, 5) is 4.34. The Morgan fingerprint density at radius 2 is 2.00 bits per heavy atom. The molecule has 0 saturated carbocycles. The summed E-state index contributed by atoms with van der Waals surface area (Å²) in [6, 6.07) is 9.44. The van der Waals surface area contributed by atoms with E-state index in [-0.39, 0.29) is 16.6 Å². The van der Waals surface area contributed by atoms with Crippen LogP contribution in [0.4, 0.5) is 0 Å². The normalized spacial score (nSPS) is 11.1. The van der Waals surface area contributed by atoms with Crippen LogP contribution in [0.1, 0.15) is 11.3 Å². The van der Waals surface area contributed by atoms with Crippen molar-refractivity contribution in [2.45, 2.75) is 11.8 Å². The van der Waals surface area contributed by atoms with Gasteiger partial charge in [0.2, 0.25) is 5.88 Å². The predicted octanol–water partition coefficient (Wildman–Crippen LogP) is 1.87. The number of pyridine rings is 1. The minimum Gasteiger partial charge on any atom is -0.438 e. The molecule has 0 saturated heterocycles. The van der Waals surface area contributed by atoms with Crippen LogP contribution in [0.25, 0.3) is 0 Å². The highest BCUT2D eigenvalue weighted by atomic mass is 32.2. The standard InChI is InChI=1S/C14H15N3O3S/c1-9-6-7-12(13(15)16)14(17-9)20-10-4-3-5-11(8-10)21(2,18)19/h3-8H,1-2H3,(H3,15,16). The van der Waals surface area contributed by atoms with Crippen LogP contribution < -0.4 is 10.5 Å². The van der Waals surface area contributed by atoms with Crippen LogP contribution in [0.15, 0.2) is 41.3 Å². The number of hydrogen-bond acceptors (Lipinski definition) is 5. The van der Waals surface area contributed by atoms with Crippen molar-refractivity contribution in [2.24, 2.45) is 5.73 Å². The maximum Gasteiger partial charge on any atom is 0.230 e. The quantitative estimate of drug-likeness (QED) is 0.662. The first-order chi connectivity index (χ1) is 9.77. The van der Waals surface area contributed by atoms with Crippen molar-refractivity contribution in [3.05, 3.63) is 47.7 Å². The molecule has 0 atom stereocenters. The summed E-state index contributed by atoms with van der Waals surface area (Å²) in [5, 5.41) is 7.52. The Labute approximate surface area is 123 Å². The third-order valence-electron chi connectivity index (χ3n) is 2.74. The van der Waals surface area contributed by atoms with Crippen molar-refractivity contribution in [3.63, 3.8) is 0 Å². The third kappa shape index (κ3) is 3.57. The van der Waals surface area contributed by atoms with Gasteiger partial charge in [-0.2, -0.15) is 0 Å². The number of amidine groups is 1. The number of nitrogens with zero attached hydrogens (tertiary/aromatic N) is 1. The number of aromatic nitrogens is 1. The maximum atomic E-state index is 11.5. The zero-order chi connectivity index (χ0) is 15.6. The highest BCUT2D eigenvalue weighted by molar-refractivity contribution is 7.90. The number of ether oxygens (including phenoxy) is 1. The van der Waals surface area contributed by atoms with E-state index in [0.717, 1.165) is 6.26 Å². The van der Waals surface area contributed by atoms with E-state index < -0.39 is 9.84 Å². The fourth-order valence-corrected chi connectivity index (χ4v) is 2.35. The van der Waals surface area contributed by atoms with Crippen LogP contribution in [-0.2, 0) is 9.84 Å². The number of sulfone groups is 1. The van der Waals surface area contributed by atoms with Gasteiger partial charge in [-0.05, 0) is 37.3 Å². The molecule has 3 N–H and O–H groups in total. The number of nitrogens with one attached hydrogen (secondary N) is 1. The molecule has 2 aromatic rings. The Kier molecular flexibility index (Phi) is 3.95. The van der Waals surface area contributed by atoms with Gasteiger partial charge in [-0.1, -0.05) is 6.07 Å². The summed E-state index contributed by atoms with van der Waals surface area (Å²) in [6.07, 6.45) is 1.12. The van der Waals surface area contributed by atoms with Gasteiger partial charge in [-0.25, -0.2) is 13.4 Å². The first-order valence-electron chi connectivity index (χ1n) is 6.07. The Morgan fingerprint density at radius 1 is 1.29 bits per heavy atom. The van der Waals surface area contributed by atoms with Gasteiger partial charge in [0.1, 0.15) is 11.6 Å². The number of aryl methyl sites for hydroxylation is 1. The molecule has 0 aliphatic heterocycles. The Balaban J connectivity index is 2.43. The first kappa shape index (κ1) is 15.0. The van der Waals surface area contributed by atoms with E-state index >= 15 is 0 Å². The van der Waals surface area contributed by atoms with Crippen molar-refractivity contribution in [2.75, 3.05) is 6.26 Å². The number of hydrogen-bond donors (Lipinski definition) is 2. The lowest BCUT2D eigenvalue weighted by molar-refractivity contribution is 0.459. The second-order valence-corrected chi connectivity index (χ2v) is 6.58. The van der Waals surface area contributed by atoms with Gasteiger partial charge in [0, 0.05) is 11.9 Å². The molecule has 0 fully saturated rings. The average Bonchev–Trinajstić information content (AvgIpc) is 2.37. The monoisotopic (exact) mass is 305 g/mol. The van der Waals surface area contributed by atoms with Gasteiger partial charge in [-0.15, -0.1) is 0 Å². The predicted molar refractivity (Wildman–Crippen MR) is 79.6 cm³/mol. The average molecular weight is 305 g/mol. The smallest absolute Gasteiger partial charge is 0.230 e. The van der Waals surface area contributed by atoms with Crippen LogP contribution in [0.2, 0.25) is 0 Å². The summed E-state index contributed by atoms with van der Waals surface area (Å²) in [5.41, 5.74) is 6.54. The molecule has 0 bridgehead atoms. The van der Waals surface area contributed by atoms with Gasteiger partial charge in [0.25, 0.3) is 0 Å². The minimum atomic E-state index is -3.32. The number of nitrogen functional groups attached to an aromatic ring is 1. The van der Waals surface area contributed by atoms with Crippen molar-refractivity contribution in [3.8, 4) is 11.6 Å². The molecule has 0 unspecified atom stereocenters. The molecule has 21 heavy (non-hydrogen) atoms. The fourth-order valence-electron chi connectivity index (χ4n) is 1.70. The van der Waals surface area contributed by atoms with Crippen LogP contribution in [0.3, 0.4) is 0 Å². The van der Waals surface area contributed by atoms with Gasteiger partial charge >= 0.3 is 0 Å². The minimum absolute atomic E-state index is 0.150. The molecule has 1 heterocycles. The molecule has 0 radical (unpaired) electrons. The van der Waals surface area contributed by atoms with Crippen molar-refractivity contribution in [1.29, 1.82) is 5.41 Å². The maximum absolute atomic E-state index is 11.5. The molecule has 110 valence electrons. The summed E-state index contributed by atoms with van der Waals surface area (Å²) in [6.45, 7) is 1.78. The van der Waals surface area contributed by atoms with E-state index in [1.165, 1.54) is 12.1 Å². The van der Waals surface area contributed by atoms with Crippen LogP contribution >= 0.6 is 0 Å². The van der Waals surface area contributed by atoms with E-state index in [0.29, 0.717) is 17.0 Å². The van der Waals surface area contributed by atoms with Crippen molar-refractivity contribution < 1.29 is 13.2 Å². The Hall–Kier alpha value is -2.41. The van der Waals surface area contributed by atoms with Crippen LogP contribution in [0.5, 0.6) is 11.6 Å². The van der Waals surface area contributed by atoms with Gasteiger partial charge in [-0.3, -0.25) is 5.41 Å². The number of rotatable bonds is 4. The zero-order valence-corrected chi connectivity index (χ0v) is 12.4.